The lowest BCUT2D eigenvalue weighted by molar-refractivity contribution is 0.689. The second-order valence-corrected chi connectivity index (χ2v) is 2.65. The molecule has 0 N–H and O–H groups in total. The molecule has 9 heavy (non-hydrogen) atoms. The maximum absolute atomic E-state index is 3.89. The second kappa shape index (κ2) is 3.49. The Hall–Kier alpha value is -0.520. The van der Waals surface area contributed by atoms with E-state index in [-0.39, 0.29) is 0 Å². The van der Waals surface area contributed by atoms with Crippen LogP contribution in [0.3, 0.4) is 0 Å². The third kappa shape index (κ3) is 2.50. The van der Waals surface area contributed by atoms with Crippen LogP contribution in [0.2, 0.25) is 0 Å². The molecule has 0 bridgehead atoms. The summed E-state index contributed by atoms with van der Waals surface area (Å²) in [7, 11) is 0. The molecule has 0 aromatic heterocycles. The summed E-state index contributed by atoms with van der Waals surface area (Å²) in [6.07, 6.45) is 1.13. The molecular weight excluding hydrogens is 108 g/mol. The topological polar surface area (TPSA) is 0 Å². The lowest BCUT2D eigenvalue weighted by Crippen LogP contribution is -1.99. The van der Waals surface area contributed by atoms with Crippen molar-refractivity contribution in [3.05, 3.63) is 24.3 Å². The summed E-state index contributed by atoms with van der Waals surface area (Å²) >= 11 is 0. The van der Waals surface area contributed by atoms with Crippen LogP contribution >= 0.6 is 0 Å². The number of allylic oxidation sites excluding steroid dienone is 2. The molecule has 0 atom stereocenters. The Morgan fingerprint density at radius 2 is 1.56 bits per heavy atom. The van der Waals surface area contributed by atoms with Gasteiger partial charge in [0, 0.05) is 0 Å². The molecule has 0 nitrogen and oxygen atoms in total. The lowest BCUT2D eigenvalue weighted by atomic mass is 9.93. The highest BCUT2D eigenvalue weighted by atomic mass is 14.1. The average molecular weight is 124 g/mol. The third-order valence-corrected chi connectivity index (χ3v) is 1.60. The first kappa shape index (κ1) is 8.48. The molecule has 0 aromatic rings. The highest BCUT2D eigenvalue weighted by Crippen LogP contribution is 2.19. The summed E-state index contributed by atoms with van der Waals surface area (Å²) < 4.78 is 0. The Kier molecular flexibility index (Phi) is 3.29. The Morgan fingerprint density at radius 1 is 1.22 bits per heavy atom. The fourth-order valence-corrected chi connectivity index (χ4v) is 1.12. The predicted molar refractivity (Wildman–Crippen MR) is 43.4 cm³/mol. The smallest absolute Gasteiger partial charge is 0.000661 e. The Morgan fingerprint density at radius 3 is 1.56 bits per heavy atom. The van der Waals surface area contributed by atoms with Gasteiger partial charge in [0.15, 0.2) is 0 Å². The van der Waals surface area contributed by atoms with Crippen molar-refractivity contribution in [1.82, 2.24) is 0 Å². The zero-order valence-electron chi connectivity index (χ0n) is 6.70. The van der Waals surface area contributed by atoms with Crippen molar-refractivity contribution in [2.45, 2.75) is 27.2 Å². The van der Waals surface area contributed by atoms with Gasteiger partial charge in [0.2, 0.25) is 0 Å². The van der Waals surface area contributed by atoms with Crippen molar-refractivity contribution in [2.75, 3.05) is 0 Å². The van der Waals surface area contributed by atoms with Crippen LogP contribution in [0, 0.1) is 5.92 Å². The van der Waals surface area contributed by atoms with E-state index in [9.17, 15) is 0 Å². The van der Waals surface area contributed by atoms with E-state index in [1.165, 1.54) is 11.1 Å². The summed E-state index contributed by atoms with van der Waals surface area (Å²) in [5, 5.41) is 0. The Balaban J connectivity index is 3.99. The first-order valence-corrected chi connectivity index (χ1v) is 3.40. The molecule has 0 rings (SSSR count). The third-order valence-electron chi connectivity index (χ3n) is 1.60. The fraction of sp³-hybridized carbons (Fsp3) is 0.556. The SMILES string of the molecule is C=C(C)C(CC)C(=C)C. The van der Waals surface area contributed by atoms with Crippen LogP contribution in [0.15, 0.2) is 24.3 Å². The van der Waals surface area contributed by atoms with E-state index < -0.39 is 0 Å². The molecule has 0 aliphatic carbocycles. The van der Waals surface area contributed by atoms with Crippen LogP contribution < -0.4 is 0 Å². The molecular formula is C9H16. The molecule has 0 heteroatoms. The minimum absolute atomic E-state index is 0.532. The number of rotatable bonds is 3. The van der Waals surface area contributed by atoms with Gasteiger partial charge in [-0.15, -0.1) is 0 Å². The second-order valence-electron chi connectivity index (χ2n) is 2.65. The molecule has 0 radical (unpaired) electrons. The summed E-state index contributed by atoms with van der Waals surface area (Å²) in [6.45, 7) is 14.1. The van der Waals surface area contributed by atoms with Crippen LogP contribution in [-0.2, 0) is 0 Å². The van der Waals surface area contributed by atoms with E-state index in [4.69, 9.17) is 0 Å². The van der Waals surface area contributed by atoms with Gasteiger partial charge in [0.1, 0.15) is 0 Å². The number of hydrogen-bond acceptors (Lipinski definition) is 0. The molecule has 0 aromatic carbocycles. The van der Waals surface area contributed by atoms with Crippen molar-refractivity contribution in [1.29, 1.82) is 0 Å². The van der Waals surface area contributed by atoms with Gasteiger partial charge in [-0.25, -0.2) is 0 Å². The van der Waals surface area contributed by atoms with Crippen molar-refractivity contribution in [3.63, 3.8) is 0 Å². The highest BCUT2D eigenvalue weighted by Gasteiger charge is 2.05. The van der Waals surface area contributed by atoms with Crippen LogP contribution in [0.4, 0.5) is 0 Å². The van der Waals surface area contributed by atoms with Gasteiger partial charge in [-0.05, 0) is 26.2 Å². The van der Waals surface area contributed by atoms with Crippen molar-refractivity contribution >= 4 is 0 Å². The minimum atomic E-state index is 0.532. The van der Waals surface area contributed by atoms with Crippen molar-refractivity contribution in [2.24, 2.45) is 5.92 Å². The summed E-state index contributed by atoms with van der Waals surface area (Å²) in [6, 6.07) is 0. The quantitative estimate of drug-likeness (QED) is 0.507. The molecule has 0 fully saturated rings. The minimum Gasteiger partial charge on any atom is -0.0995 e. The van der Waals surface area contributed by atoms with Crippen LogP contribution in [0.1, 0.15) is 27.2 Å². The van der Waals surface area contributed by atoms with Gasteiger partial charge in [-0.2, -0.15) is 0 Å². The summed E-state index contributed by atoms with van der Waals surface area (Å²) in [5.74, 6) is 0.532. The van der Waals surface area contributed by atoms with Crippen LogP contribution in [-0.4, -0.2) is 0 Å². The molecule has 0 heterocycles. The fourth-order valence-electron chi connectivity index (χ4n) is 1.12. The van der Waals surface area contributed by atoms with Gasteiger partial charge in [0.05, 0.1) is 0 Å². The van der Waals surface area contributed by atoms with Crippen LogP contribution in [0.5, 0.6) is 0 Å². The molecule has 0 aliphatic rings. The van der Waals surface area contributed by atoms with Crippen molar-refractivity contribution < 1.29 is 0 Å². The van der Waals surface area contributed by atoms with E-state index >= 15 is 0 Å². The first-order chi connectivity index (χ1) is 4.09. The van der Waals surface area contributed by atoms with E-state index in [0.717, 1.165) is 6.42 Å². The maximum atomic E-state index is 3.89. The monoisotopic (exact) mass is 124 g/mol. The van der Waals surface area contributed by atoms with E-state index in [2.05, 4.69) is 33.9 Å². The normalized spacial score (nSPS) is 9.78. The van der Waals surface area contributed by atoms with Gasteiger partial charge in [-0.3, -0.25) is 0 Å². The van der Waals surface area contributed by atoms with Crippen molar-refractivity contribution in [3.8, 4) is 0 Å². The Labute approximate surface area is 58.3 Å². The maximum Gasteiger partial charge on any atom is -0.000661 e. The Bertz CT molecular complexity index is 106. The van der Waals surface area contributed by atoms with E-state index in [0.29, 0.717) is 5.92 Å². The van der Waals surface area contributed by atoms with Crippen LogP contribution in [0.25, 0.3) is 0 Å². The molecule has 0 unspecified atom stereocenters. The van der Waals surface area contributed by atoms with Gasteiger partial charge in [0.25, 0.3) is 0 Å². The molecule has 0 spiro atoms. The molecule has 52 valence electrons. The first-order valence-electron chi connectivity index (χ1n) is 3.40. The van der Waals surface area contributed by atoms with E-state index in [1.54, 1.807) is 0 Å². The zero-order chi connectivity index (χ0) is 7.44. The summed E-state index contributed by atoms with van der Waals surface area (Å²) in [4.78, 5) is 0. The largest absolute Gasteiger partial charge is 0.0995 e. The standard InChI is InChI=1S/C9H16/c1-6-9(7(2)3)8(4)5/h9H,2,4,6H2,1,3,5H3. The zero-order valence-corrected chi connectivity index (χ0v) is 6.70. The van der Waals surface area contributed by atoms with Gasteiger partial charge < -0.3 is 0 Å². The molecule has 0 aliphatic heterocycles. The van der Waals surface area contributed by atoms with Gasteiger partial charge >= 0.3 is 0 Å². The lowest BCUT2D eigenvalue weighted by Gasteiger charge is -2.13. The molecule has 0 amide bonds. The highest BCUT2D eigenvalue weighted by molar-refractivity contribution is 5.11. The average Bonchev–Trinajstić information content (AvgIpc) is 1.64. The molecule has 0 saturated heterocycles. The summed E-state index contributed by atoms with van der Waals surface area (Å²) in [5.41, 5.74) is 2.45. The van der Waals surface area contributed by atoms with Gasteiger partial charge in [-0.1, -0.05) is 31.2 Å². The number of hydrogen-bond donors (Lipinski definition) is 0. The van der Waals surface area contributed by atoms with E-state index in [1.807, 2.05) is 0 Å². The predicted octanol–water partition coefficient (Wildman–Crippen LogP) is 3.16. The molecule has 0 saturated carbocycles.